The summed E-state index contributed by atoms with van der Waals surface area (Å²) in [6.45, 7) is 15.8. The van der Waals surface area contributed by atoms with Crippen LogP contribution in [0.1, 0.15) is 59.6 Å². The maximum absolute atomic E-state index is 11.8. The molecule has 2 atom stereocenters. The van der Waals surface area contributed by atoms with Crippen LogP contribution in [0, 0.1) is 5.92 Å². The molecule has 6 heteroatoms. The lowest BCUT2D eigenvalue weighted by Crippen LogP contribution is -2.41. The maximum Gasteiger partial charge on any atom is 0.490 e. The minimum atomic E-state index is -0.545. The van der Waals surface area contributed by atoms with Crippen molar-refractivity contribution in [2.24, 2.45) is 5.92 Å². The van der Waals surface area contributed by atoms with E-state index in [4.69, 9.17) is 18.8 Å². The van der Waals surface area contributed by atoms with Gasteiger partial charge in [0.05, 0.1) is 18.3 Å². The van der Waals surface area contributed by atoms with Crippen LogP contribution in [0.3, 0.4) is 0 Å². The lowest BCUT2D eigenvalue weighted by Gasteiger charge is -2.32. The lowest BCUT2D eigenvalue weighted by molar-refractivity contribution is -0.148. The zero-order valence-corrected chi connectivity index (χ0v) is 17.5. The first-order valence-corrected chi connectivity index (χ1v) is 9.38. The van der Waals surface area contributed by atoms with Crippen molar-refractivity contribution < 1.29 is 23.6 Å². The van der Waals surface area contributed by atoms with Gasteiger partial charge in [-0.3, -0.25) is 4.79 Å². The molecular weight excluding hydrogens is 343 g/mol. The number of hydrogen-bond acceptors (Lipinski definition) is 5. The molecule has 0 amide bonds. The topological polar surface area (TPSA) is 54.0 Å². The Morgan fingerprint density at radius 3 is 2.07 bits per heavy atom. The number of ether oxygens (including phenoxy) is 2. The van der Waals surface area contributed by atoms with Crippen molar-refractivity contribution in [2.45, 2.75) is 65.3 Å². The van der Waals surface area contributed by atoms with Crippen LogP contribution in [0.15, 0.2) is 36.3 Å². The number of esters is 1. The highest BCUT2D eigenvalue weighted by Gasteiger charge is 2.53. The van der Waals surface area contributed by atoms with Crippen LogP contribution in [0.25, 0.3) is 0 Å². The summed E-state index contributed by atoms with van der Waals surface area (Å²) in [6.07, 6.45) is 0.261. The Morgan fingerprint density at radius 2 is 1.67 bits per heavy atom. The standard InChI is InChI=1S/C21H31BO5/c1-9-18(14(2)22-26-20(4,5)21(6,7)27-22)19(25-15(3)23)16-10-12-17(24-8)13-11-16/h10-13,18-19H,2,9H2,1,3-8H3/t18-,19+/m1/s1. The van der Waals surface area contributed by atoms with Gasteiger partial charge in [-0.15, -0.1) is 6.58 Å². The minimum Gasteiger partial charge on any atom is -0.497 e. The van der Waals surface area contributed by atoms with Gasteiger partial charge in [-0.1, -0.05) is 19.1 Å². The fourth-order valence-electron chi connectivity index (χ4n) is 3.19. The fourth-order valence-corrected chi connectivity index (χ4v) is 3.19. The summed E-state index contributed by atoms with van der Waals surface area (Å²) >= 11 is 0. The van der Waals surface area contributed by atoms with Gasteiger partial charge in [-0.05, 0) is 57.3 Å². The average molecular weight is 374 g/mol. The van der Waals surface area contributed by atoms with E-state index in [0.29, 0.717) is 0 Å². The number of benzene rings is 1. The summed E-state index contributed by atoms with van der Waals surface area (Å²) in [4.78, 5) is 11.8. The van der Waals surface area contributed by atoms with E-state index >= 15 is 0 Å². The first kappa shape index (κ1) is 21.5. The fraction of sp³-hybridized carbons (Fsp3) is 0.571. The van der Waals surface area contributed by atoms with Crippen molar-refractivity contribution in [3.8, 4) is 5.75 Å². The highest BCUT2D eigenvalue weighted by atomic mass is 16.7. The van der Waals surface area contributed by atoms with E-state index in [1.54, 1.807) is 7.11 Å². The van der Waals surface area contributed by atoms with Gasteiger partial charge in [0.2, 0.25) is 0 Å². The second kappa shape index (κ2) is 8.07. The molecule has 0 unspecified atom stereocenters. The summed E-state index contributed by atoms with van der Waals surface area (Å²) in [5.74, 6) is 0.270. The van der Waals surface area contributed by atoms with Gasteiger partial charge >= 0.3 is 13.1 Å². The maximum atomic E-state index is 11.8. The molecule has 0 saturated carbocycles. The number of hydrogen-bond donors (Lipinski definition) is 0. The normalized spacial score (nSPS) is 20.0. The first-order valence-electron chi connectivity index (χ1n) is 9.38. The third-order valence-electron chi connectivity index (χ3n) is 5.57. The zero-order chi connectivity index (χ0) is 20.4. The molecule has 0 spiro atoms. The molecule has 1 fully saturated rings. The molecular formula is C21H31BO5. The molecule has 1 heterocycles. The number of carbonyl (C=O) groups is 1. The lowest BCUT2D eigenvalue weighted by atomic mass is 9.68. The van der Waals surface area contributed by atoms with Gasteiger partial charge in [0, 0.05) is 12.8 Å². The van der Waals surface area contributed by atoms with Crippen LogP contribution in [-0.4, -0.2) is 31.4 Å². The zero-order valence-electron chi connectivity index (χ0n) is 17.5. The molecule has 1 aromatic rings. The number of rotatable bonds is 7. The highest BCUT2D eigenvalue weighted by molar-refractivity contribution is 6.54. The molecule has 1 saturated heterocycles. The third-order valence-corrected chi connectivity index (χ3v) is 5.57. The van der Waals surface area contributed by atoms with E-state index in [1.807, 2.05) is 58.9 Å². The SMILES string of the molecule is C=C(B1OC(C)(C)C(C)(C)O1)[C@@H](CC)[C@@H](OC(C)=O)c1ccc(OC)cc1. The summed E-state index contributed by atoms with van der Waals surface area (Å²) in [5, 5.41) is 0. The van der Waals surface area contributed by atoms with Crippen molar-refractivity contribution in [3.05, 3.63) is 41.9 Å². The molecule has 0 aromatic heterocycles. The van der Waals surface area contributed by atoms with E-state index in [2.05, 4.69) is 6.58 Å². The minimum absolute atomic E-state index is 0.142. The van der Waals surface area contributed by atoms with Gasteiger partial charge in [-0.25, -0.2) is 0 Å². The summed E-state index contributed by atoms with van der Waals surface area (Å²) < 4.78 is 23.2. The molecule has 27 heavy (non-hydrogen) atoms. The van der Waals surface area contributed by atoms with Crippen LogP contribution in [-0.2, 0) is 18.8 Å². The first-order chi connectivity index (χ1) is 12.5. The van der Waals surface area contributed by atoms with Crippen molar-refractivity contribution in [1.82, 2.24) is 0 Å². The molecule has 1 aliphatic heterocycles. The molecule has 0 N–H and O–H groups in total. The Labute approximate surface area is 163 Å². The highest BCUT2D eigenvalue weighted by Crippen LogP contribution is 2.42. The predicted molar refractivity (Wildman–Crippen MR) is 107 cm³/mol. The molecule has 1 aliphatic rings. The number of carbonyl (C=O) groups excluding carboxylic acids is 1. The molecule has 1 aromatic carbocycles. The van der Waals surface area contributed by atoms with Crippen molar-refractivity contribution >= 4 is 13.1 Å². The third kappa shape index (κ3) is 4.56. The largest absolute Gasteiger partial charge is 0.497 e. The van der Waals surface area contributed by atoms with E-state index in [-0.39, 0.29) is 11.9 Å². The molecule has 0 bridgehead atoms. The van der Waals surface area contributed by atoms with Crippen LogP contribution in [0.4, 0.5) is 0 Å². The van der Waals surface area contributed by atoms with Crippen LogP contribution < -0.4 is 4.74 Å². The Morgan fingerprint density at radius 1 is 1.15 bits per heavy atom. The molecule has 148 valence electrons. The van der Waals surface area contributed by atoms with Crippen molar-refractivity contribution in [2.75, 3.05) is 7.11 Å². The summed E-state index contributed by atoms with van der Waals surface area (Å²) in [5.41, 5.74) is 0.764. The van der Waals surface area contributed by atoms with Gasteiger partial charge < -0.3 is 18.8 Å². The summed E-state index contributed by atoms with van der Waals surface area (Å²) in [6, 6.07) is 7.53. The Kier molecular flexibility index (Phi) is 6.43. The summed E-state index contributed by atoms with van der Waals surface area (Å²) in [7, 11) is 1.07. The monoisotopic (exact) mass is 374 g/mol. The Balaban J connectivity index is 2.31. The average Bonchev–Trinajstić information content (AvgIpc) is 2.82. The van der Waals surface area contributed by atoms with Crippen LogP contribution >= 0.6 is 0 Å². The quantitative estimate of drug-likeness (QED) is 0.519. The van der Waals surface area contributed by atoms with Gasteiger partial charge in [0.1, 0.15) is 11.9 Å². The molecule has 0 aliphatic carbocycles. The van der Waals surface area contributed by atoms with Gasteiger partial charge in [0.15, 0.2) is 0 Å². The smallest absolute Gasteiger partial charge is 0.490 e. The van der Waals surface area contributed by atoms with Crippen LogP contribution in [0.5, 0.6) is 5.75 Å². The van der Waals surface area contributed by atoms with E-state index in [0.717, 1.165) is 23.2 Å². The van der Waals surface area contributed by atoms with Gasteiger partial charge in [-0.2, -0.15) is 0 Å². The van der Waals surface area contributed by atoms with E-state index in [1.165, 1.54) is 6.92 Å². The van der Waals surface area contributed by atoms with Crippen molar-refractivity contribution in [1.29, 1.82) is 0 Å². The predicted octanol–water partition coefficient (Wildman–Crippen LogP) is 4.51. The van der Waals surface area contributed by atoms with Crippen LogP contribution in [0.2, 0.25) is 0 Å². The Hall–Kier alpha value is -1.79. The Bertz CT molecular complexity index is 664. The van der Waals surface area contributed by atoms with Crippen molar-refractivity contribution in [3.63, 3.8) is 0 Å². The van der Waals surface area contributed by atoms with E-state index in [9.17, 15) is 4.79 Å². The second-order valence-electron chi connectivity index (χ2n) is 7.98. The molecule has 2 rings (SSSR count). The second-order valence-corrected chi connectivity index (χ2v) is 7.98. The number of methoxy groups -OCH3 is 1. The molecule has 5 nitrogen and oxygen atoms in total. The van der Waals surface area contributed by atoms with Gasteiger partial charge in [0.25, 0.3) is 0 Å². The van der Waals surface area contributed by atoms with E-state index < -0.39 is 24.4 Å². The molecule has 0 radical (unpaired) electrons.